The molecule has 0 saturated carbocycles. The first-order valence-corrected chi connectivity index (χ1v) is 8.51. The number of benzene rings is 1. The average Bonchev–Trinajstić information content (AvgIpc) is 2.66. The highest BCUT2D eigenvalue weighted by Gasteiger charge is 2.25. The van der Waals surface area contributed by atoms with Crippen molar-refractivity contribution in [2.75, 3.05) is 19.7 Å². The Hall–Kier alpha value is -2.76. The van der Waals surface area contributed by atoms with Gasteiger partial charge in [0, 0.05) is 18.9 Å². The van der Waals surface area contributed by atoms with Crippen LogP contribution in [0.5, 0.6) is 11.5 Å². The topological polar surface area (TPSA) is 63.7 Å². The number of fused-ring (bicyclic) bond motifs is 1. The molecule has 1 aliphatic heterocycles. The first kappa shape index (κ1) is 17.1. The smallest absolute Gasteiger partial charge is 0.317 e. The van der Waals surface area contributed by atoms with E-state index in [4.69, 9.17) is 9.47 Å². The van der Waals surface area contributed by atoms with Crippen LogP contribution in [0.15, 0.2) is 48.8 Å². The molecular weight excluding hydrogens is 318 g/mol. The molecule has 0 bridgehead atoms. The van der Waals surface area contributed by atoms with E-state index in [-0.39, 0.29) is 18.2 Å². The second kappa shape index (κ2) is 7.88. The molecule has 2 amide bonds. The molecule has 132 valence electrons. The van der Waals surface area contributed by atoms with Crippen molar-refractivity contribution < 1.29 is 14.3 Å². The van der Waals surface area contributed by atoms with Gasteiger partial charge in [-0.15, -0.1) is 0 Å². The summed E-state index contributed by atoms with van der Waals surface area (Å²) in [7, 11) is 0. The van der Waals surface area contributed by atoms with Crippen LogP contribution in [0.3, 0.4) is 0 Å². The van der Waals surface area contributed by atoms with E-state index in [0.717, 1.165) is 17.1 Å². The van der Waals surface area contributed by atoms with Crippen LogP contribution >= 0.6 is 0 Å². The fourth-order valence-corrected chi connectivity index (χ4v) is 2.75. The molecule has 2 unspecified atom stereocenters. The monoisotopic (exact) mass is 341 g/mol. The number of nitrogens with zero attached hydrogens (tertiary/aromatic N) is 2. The van der Waals surface area contributed by atoms with Crippen LogP contribution in [0.2, 0.25) is 0 Å². The summed E-state index contributed by atoms with van der Waals surface area (Å²) in [4.78, 5) is 18.4. The quantitative estimate of drug-likeness (QED) is 0.908. The molecule has 1 N–H and O–H groups in total. The lowest BCUT2D eigenvalue weighted by Gasteiger charge is -2.31. The number of para-hydroxylation sites is 2. The van der Waals surface area contributed by atoms with Gasteiger partial charge in [-0.05, 0) is 37.6 Å². The zero-order valence-corrected chi connectivity index (χ0v) is 14.5. The number of nitrogens with one attached hydrogen (secondary N) is 1. The molecule has 6 nitrogen and oxygen atoms in total. The third kappa shape index (κ3) is 4.21. The fraction of sp³-hybridized carbons (Fsp3) is 0.368. The number of aromatic nitrogens is 1. The van der Waals surface area contributed by atoms with Gasteiger partial charge in [0.15, 0.2) is 17.6 Å². The molecule has 0 radical (unpaired) electrons. The Balaban J connectivity index is 1.58. The Kier molecular flexibility index (Phi) is 5.38. The lowest BCUT2D eigenvalue weighted by atomic mass is 10.1. The molecule has 0 fully saturated rings. The third-order valence-electron chi connectivity index (χ3n) is 4.18. The van der Waals surface area contributed by atoms with Crippen molar-refractivity contribution in [2.45, 2.75) is 26.0 Å². The Labute approximate surface area is 147 Å². The molecule has 3 rings (SSSR count). The molecule has 0 saturated heterocycles. The summed E-state index contributed by atoms with van der Waals surface area (Å²) in [6, 6.07) is 11.1. The molecule has 1 aromatic heterocycles. The standard InChI is InChI=1S/C19H23N3O3/c1-3-22(19(23)21-14(2)15-7-6-10-20-11-15)12-16-13-24-17-8-4-5-9-18(17)25-16/h4-11,14,16H,3,12-13H2,1-2H3,(H,21,23). The summed E-state index contributed by atoms with van der Waals surface area (Å²) in [6.07, 6.45) is 3.29. The predicted octanol–water partition coefficient (Wildman–Crippen LogP) is 3.01. The maximum atomic E-state index is 12.6. The van der Waals surface area contributed by atoms with Crippen molar-refractivity contribution >= 4 is 6.03 Å². The van der Waals surface area contributed by atoms with Gasteiger partial charge in [-0.25, -0.2) is 4.79 Å². The van der Waals surface area contributed by atoms with Crippen LogP contribution in [0.4, 0.5) is 4.79 Å². The molecule has 1 aromatic carbocycles. The molecule has 25 heavy (non-hydrogen) atoms. The number of carbonyl (C=O) groups is 1. The minimum absolute atomic E-state index is 0.112. The first-order chi connectivity index (χ1) is 12.2. The molecule has 0 spiro atoms. The van der Waals surface area contributed by atoms with Gasteiger partial charge in [0.05, 0.1) is 12.6 Å². The van der Waals surface area contributed by atoms with Gasteiger partial charge in [-0.2, -0.15) is 0 Å². The summed E-state index contributed by atoms with van der Waals surface area (Å²) >= 11 is 0. The number of urea groups is 1. The number of rotatable bonds is 5. The molecule has 6 heteroatoms. The van der Waals surface area contributed by atoms with Crippen LogP contribution in [-0.4, -0.2) is 41.7 Å². The summed E-state index contributed by atoms with van der Waals surface area (Å²) in [6.45, 7) is 5.38. The highest BCUT2D eigenvalue weighted by molar-refractivity contribution is 5.74. The van der Waals surface area contributed by atoms with E-state index in [1.54, 1.807) is 17.3 Å². The molecule has 2 heterocycles. The van der Waals surface area contributed by atoms with E-state index in [2.05, 4.69) is 10.3 Å². The molecular formula is C19H23N3O3. The van der Waals surface area contributed by atoms with Crippen LogP contribution in [-0.2, 0) is 0 Å². The zero-order valence-electron chi connectivity index (χ0n) is 14.5. The number of ether oxygens (including phenoxy) is 2. The lowest BCUT2D eigenvalue weighted by molar-refractivity contribution is 0.0672. The number of hydrogen-bond donors (Lipinski definition) is 1. The highest BCUT2D eigenvalue weighted by atomic mass is 16.6. The van der Waals surface area contributed by atoms with Gasteiger partial charge < -0.3 is 19.7 Å². The number of amides is 2. The minimum atomic E-state index is -0.186. The van der Waals surface area contributed by atoms with Crippen molar-refractivity contribution in [3.8, 4) is 11.5 Å². The Bertz CT molecular complexity index is 708. The average molecular weight is 341 g/mol. The summed E-state index contributed by atoms with van der Waals surface area (Å²) in [5.41, 5.74) is 0.970. The van der Waals surface area contributed by atoms with Crippen molar-refractivity contribution in [2.24, 2.45) is 0 Å². The van der Waals surface area contributed by atoms with Crippen molar-refractivity contribution in [3.63, 3.8) is 0 Å². The molecule has 0 aliphatic carbocycles. The van der Waals surface area contributed by atoms with Crippen LogP contribution < -0.4 is 14.8 Å². The largest absolute Gasteiger partial charge is 0.486 e. The van der Waals surface area contributed by atoms with Crippen LogP contribution in [0.25, 0.3) is 0 Å². The van der Waals surface area contributed by atoms with E-state index < -0.39 is 0 Å². The Morgan fingerprint density at radius 2 is 2.12 bits per heavy atom. The summed E-state index contributed by atoms with van der Waals surface area (Å²) in [5.74, 6) is 1.47. The zero-order chi connectivity index (χ0) is 17.6. The van der Waals surface area contributed by atoms with Crippen molar-refractivity contribution in [3.05, 3.63) is 54.4 Å². The van der Waals surface area contributed by atoms with Gasteiger partial charge in [-0.3, -0.25) is 4.98 Å². The molecule has 1 aliphatic rings. The highest BCUT2D eigenvalue weighted by Crippen LogP contribution is 2.31. The number of likely N-dealkylation sites (N-methyl/N-ethyl adjacent to an activating group) is 1. The summed E-state index contributed by atoms with van der Waals surface area (Å²) in [5, 5.41) is 3.01. The second-order valence-electron chi connectivity index (χ2n) is 5.99. The maximum Gasteiger partial charge on any atom is 0.317 e. The van der Waals surface area contributed by atoms with Gasteiger partial charge in [-0.1, -0.05) is 18.2 Å². The van der Waals surface area contributed by atoms with E-state index in [1.807, 2.05) is 50.2 Å². The third-order valence-corrected chi connectivity index (χ3v) is 4.18. The van der Waals surface area contributed by atoms with Gasteiger partial charge in [0.1, 0.15) is 6.61 Å². The Morgan fingerprint density at radius 1 is 1.32 bits per heavy atom. The SMILES string of the molecule is CCN(CC1COc2ccccc2O1)C(=O)NC(C)c1cccnc1. The van der Waals surface area contributed by atoms with Gasteiger partial charge >= 0.3 is 6.03 Å². The van der Waals surface area contributed by atoms with E-state index in [1.165, 1.54) is 0 Å². The fourth-order valence-electron chi connectivity index (χ4n) is 2.75. The number of pyridine rings is 1. The normalized spacial score (nSPS) is 16.8. The predicted molar refractivity (Wildman–Crippen MR) is 94.8 cm³/mol. The summed E-state index contributed by atoms with van der Waals surface area (Å²) < 4.78 is 11.7. The maximum absolute atomic E-state index is 12.6. The lowest BCUT2D eigenvalue weighted by Crippen LogP contribution is -2.47. The van der Waals surface area contributed by atoms with Gasteiger partial charge in [0.25, 0.3) is 0 Å². The number of hydrogen-bond acceptors (Lipinski definition) is 4. The van der Waals surface area contributed by atoms with Crippen LogP contribution in [0.1, 0.15) is 25.5 Å². The van der Waals surface area contributed by atoms with E-state index >= 15 is 0 Å². The van der Waals surface area contributed by atoms with E-state index in [9.17, 15) is 4.79 Å². The first-order valence-electron chi connectivity index (χ1n) is 8.51. The second-order valence-corrected chi connectivity index (χ2v) is 5.99. The Morgan fingerprint density at radius 3 is 2.84 bits per heavy atom. The van der Waals surface area contributed by atoms with Gasteiger partial charge in [0.2, 0.25) is 0 Å². The molecule has 2 aromatic rings. The van der Waals surface area contributed by atoms with E-state index in [0.29, 0.717) is 19.7 Å². The number of carbonyl (C=O) groups excluding carboxylic acids is 1. The molecule has 2 atom stereocenters. The van der Waals surface area contributed by atoms with Crippen molar-refractivity contribution in [1.82, 2.24) is 15.2 Å². The minimum Gasteiger partial charge on any atom is -0.486 e. The van der Waals surface area contributed by atoms with Crippen molar-refractivity contribution in [1.29, 1.82) is 0 Å². The van der Waals surface area contributed by atoms with Crippen LogP contribution in [0, 0.1) is 0 Å².